The zero-order chi connectivity index (χ0) is 19.6. The molecule has 0 saturated carbocycles. The SMILES string of the molecule is CN(C(=O)OC(C)(C)C)[C@@H]1CCCN(C(=O)c2ccc3c(c2)OCCO3)C1. The van der Waals surface area contributed by atoms with Crippen LogP contribution in [-0.2, 0) is 4.74 Å². The fourth-order valence-corrected chi connectivity index (χ4v) is 3.30. The van der Waals surface area contributed by atoms with Crippen molar-refractivity contribution in [3.63, 3.8) is 0 Å². The van der Waals surface area contributed by atoms with E-state index in [4.69, 9.17) is 14.2 Å². The lowest BCUT2D eigenvalue weighted by Gasteiger charge is -2.38. The van der Waals surface area contributed by atoms with Gasteiger partial charge in [0, 0.05) is 25.7 Å². The lowest BCUT2D eigenvalue weighted by atomic mass is 10.0. The van der Waals surface area contributed by atoms with Gasteiger partial charge >= 0.3 is 6.09 Å². The van der Waals surface area contributed by atoms with Crippen LogP contribution in [0, 0.1) is 0 Å². The van der Waals surface area contributed by atoms with Gasteiger partial charge in [0.05, 0.1) is 6.04 Å². The highest BCUT2D eigenvalue weighted by molar-refractivity contribution is 5.95. The number of rotatable bonds is 2. The van der Waals surface area contributed by atoms with E-state index in [1.54, 1.807) is 35.0 Å². The third kappa shape index (κ3) is 4.64. The molecule has 0 aliphatic carbocycles. The van der Waals surface area contributed by atoms with Crippen LogP contribution in [0.15, 0.2) is 18.2 Å². The van der Waals surface area contributed by atoms with Gasteiger partial charge in [-0.15, -0.1) is 0 Å². The molecular formula is C20H28N2O5. The molecule has 0 unspecified atom stereocenters. The summed E-state index contributed by atoms with van der Waals surface area (Å²) in [7, 11) is 1.73. The normalized spacial score (nSPS) is 19.4. The standard InChI is InChI=1S/C20H28N2O5/c1-20(2,3)27-19(24)21(4)15-6-5-9-22(13-15)18(23)14-7-8-16-17(12-14)26-11-10-25-16/h7-8,12,15H,5-6,9-11,13H2,1-4H3/t15-/m1/s1. The van der Waals surface area contributed by atoms with Crippen LogP contribution in [0.25, 0.3) is 0 Å². The smallest absolute Gasteiger partial charge is 0.410 e. The minimum atomic E-state index is -0.541. The molecule has 2 amide bonds. The second kappa shape index (κ2) is 7.66. The molecule has 0 aromatic heterocycles. The number of carbonyl (C=O) groups is 2. The molecule has 1 aromatic rings. The lowest BCUT2D eigenvalue weighted by molar-refractivity contribution is 0.0131. The second-order valence-corrected chi connectivity index (χ2v) is 8.00. The summed E-state index contributed by atoms with van der Waals surface area (Å²) in [5.74, 6) is 1.21. The largest absolute Gasteiger partial charge is 0.486 e. The molecule has 2 aliphatic heterocycles. The predicted molar refractivity (Wildman–Crippen MR) is 100 cm³/mol. The minimum absolute atomic E-state index is 0.0604. The number of likely N-dealkylation sites (tertiary alicyclic amines) is 1. The Morgan fingerprint density at radius 1 is 1.19 bits per heavy atom. The van der Waals surface area contributed by atoms with Gasteiger partial charge < -0.3 is 24.0 Å². The van der Waals surface area contributed by atoms with E-state index in [0.29, 0.717) is 43.4 Å². The summed E-state index contributed by atoms with van der Waals surface area (Å²) in [4.78, 5) is 28.7. The van der Waals surface area contributed by atoms with Gasteiger partial charge in [0.25, 0.3) is 5.91 Å². The first-order chi connectivity index (χ1) is 12.7. The Morgan fingerprint density at radius 2 is 1.89 bits per heavy atom. The van der Waals surface area contributed by atoms with E-state index < -0.39 is 5.60 Å². The lowest BCUT2D eigenvalue weighted by Crippen LogP contribution is -2.51. The van der Waals surface area contributed by atoms with Crippen LogP contribution >= 0.6 is 0 Å². The average Bonchev–Trinajstić information content (AvgIpc) is 2.65. The molecule has 0 N–H and O–H groups in total. The molecule has 0 spiro atoms. The fraction of sp³-hybridized carbons (Fsp3) is 0.600. The molecule has 2 heterocycles. The number of nitrogens with zero attached hydrogens (tertiary/aromatic N) is 2. The average molecular weight is 376 g/mol. The minimum Gasteiger partial charge on any atom is -0.486 e. The number of piperidine rings is 1. The van der Waals surface area contributed by atoms with Crippen molar-refractivity contribution in [3.8, 4) is 11.5 Å². The first-order valence-corrected chi connectivity index (χ1v) is 9.39. The summed E-state index contributed by atoms with van der Waals surface area (Å²) in [6, 6.07) is 5.21. The molecule has 0 bridgehead atoms. The van der Waals surface area contributed by atoms with Crippen LogP contribution < -0.4 is 9.47 Å². The van der Waals surface area contributed by atoms with Crippen LogP contribution in [-0.4, -0.2) is 66.8 Å². The number of hydrogen-bond donors (Lipinski definition) is 0. The van der Waals surface area contributed by atoms with Crippen molar-refractivity contribution in [2.24, 2.45) is 0 Å². The van der Waals surface area contributed by atoms with Crippen molar-refractivity contribution in [1.82, 2.24) is 9.80 Å². The highest BCUT2D eigenvalue weighted by Crippen LogP contribution is 2.31. The summed E-state index contributed by atoms with van der Waals surface area (Å²) in [5.41, 5.74) is 0.0283. The molecule has 1 fully saturated rings. The highest BCUT2D eigenvalue weighted by atomic mass is 16.6. The number of ether oxygens (including phenoxy) is 3. The predicted octanol–water partition coefficient (Wildman–Crippen LogP) is 2.93. The van der Waals surface area contributed by atoms with E-state index in [9.17, 15) is 9.59 Å². The van der Waals surface area contributed by atoms with Gasteiger partial charge in [-0.05, 0) is 51.8 Å². The number of fused-ring (bicyclic) bond motifs is 1. The van der Waals surface area contributed by atoms with E-state index in [1.807, 2.05) is 20.8 Å². The topological polar surface area (TPSA) is 68.3 Å². The van der Waals surface area contributed by atoms with Crippen LogP contribution in [0.4, 0.5) is 4.79 Å². The molecular weight excluding hydrogens is 348 g/mol. The quantitative estimate of drug-likeness (QED) is 0.794. The Kier molecular flexibility index (Phi) is 5.48. The van der Waals surface area contributed by atoms with Crippen molar-refractivity contribution >= 4 is 12.0 Å². The van der Waals surface area contributed by atoms with Crippen LogP contribution in [0.1, 0.15) is 44.0 Å². The van der Waals surface area contributed by atoms with E-state index >= 15 is 0 Å². The number of likely N-dealkylation sites (N-methyl/N-ethyl adjacent to an activating group) is 1. The molecule has 148 valence electrons. The Balaban J connectivity index is 1.67. The second-order valence-electron chi connectivity index (χ2n) is 8.00. The van der Waals surface area contributed by atoms with Gasteiger partial charge in [0.1, 0.15) is 18.8 Å². The maximum atomic E-state index is 12.9. The Hall–Kier alpha value is -2.44. The molecule has 1 aromatic carbocycles. The molecule has 7 nitrogen and oxygen atoms in total. The van der Waals surface area contributed by atoms with E-state index in [-0.39, 0.29) is 18.0 Å². The molecule has 3 rings (SSSR count). The number of hydrogen-bond acceptors (Lipinski definition) is 5. The van der Waals surface area contributed by atoms with Gasteiger partial charge in [-0.3, -0.25) is 4.79 Å². The molecule has 27 heavy (non-hydrogen) atoms. The first kappa shape index (κ1) is 19.3. The summed E-state index contributed by atoms with van der Waals surface area (Å²) >= 11 is 0. The molecule has 0 radical (unpaired) electrons. The van der Waals surface area contributed by atoms with Gasteiger partial charge in [0.15, 0.2) is 11.5 Å². The third-order valence-electron chi connectivity index (χ3n) is 4.70. The maximum absolute atomic E-state index is 12.9. The van der Waals surface area contributed by atoms with Crippen molar-refractivity contribution in [3.05, 3.63) is 23.8 Å². The Bertz CT molecular complexity index is 713. The van der Waals surface area contributed by atoms with Crippen molar-refractivity contribution < 1.29 is 23.8 Å². The summed E-state index contributed by atoms with van der Waals surface area (Å²) in [6.45, 7) is 7.70. The van der Waals surface area contributed by atoms with Gasteiger partial charge in [-0.2, -0.15) is 0 Å². The zero-order valence-corrected chi connectivity index (χ0v) is 16.5. The molecule has 1 saturated heterocycles. The van der Waals surface area contributed by atoms with Gasteiger partial charge in [0.2, 0.25) is 0 Å². The highest BCUT2D eigenvalue weighted by Gasteiger charge is 2.31. The van der Waals surface area contributed by atoms with Crippen LogP contribution in [0.2, 0.25) is 0 Å². The number of amides is 2. The number of carbonyl (C=O) groups excluding carboxylic acids is 2. The van der Waals surface area contributed by atoms with Crippen molar-refractivity contribution in [1.29, 1.82) is 0 Å². The monoisotopic (exact) mass is 376 g/mol. The van der Waals surface area contributed by atoms with Crippen molar-refractivity contribution in [2.75, 3.05) is 33.4 Å². The summed E-state index contributed by atoms with van der Waals surface area (Å²) in [5, 5.41) is 0. The number of benzene rings is 1. The van der Waals surface area contributed by atoms with E-state index in [0.717, 1.165) is 12.8 Å². The Morgan fingerprint density at radius 3 is 2.59 bits per heavy atom. The molecule has 1 atom stereocenters. The van der Waals surface area contributed by atoms with Crippen molar-refractivity contribution in [2.45, 2.75) is 45.3 Å². The fourth-order valence-electron chi connectivity index (χ4n) is 3.30. The van der Waals surface area contributed by atoms with E-state index in [2.05, 4.69) is 0 Å². The third-order valence-corrected chi connectivity index (χ3v) is 4.70. The zero-order valence-electron chi connectivity index (χ0n) is 16.5. The van der Waals surface area contributed by atoms with E-state index in [1.165, 1.54) is 0 Å². The molecule has 2 aliphatic rings. The first-order valence-electron chi connectivity index (χ1n) is 9.39. The molecule has 7 heteroatoms. The summed E-state index contributed by atoms with van der Waals surface area (Å²) < 4.78 is 16.5. The van der Waals surface area contributed by atoms with Crippen LogP contribution in [0.3, 0.4) is 0 Å². The van der Waals surface area contributed by atoms with Gasteiger partial charge in [-0.25, -0.2) is 4.79 Å². The van der Waals surface area contributed by atoms with Gasteiger partial charge in [-0.1, -0.05) is 0 Å². The summed E-state index contributed by atoms with van der Waals surface area (Å²) in [6.07, 6.45) is 1.33. The van der Waals surface area contributed by atoms with Crippen LogP contribution in [0.5, 0.6) is 11.5 Å². The Labute approximate surface area is 160 Å². The maximum Gasteiger partial charge on any atom is 0.410 e.